The first-order chi connectivity index (χ1) is 15.2. The average molecular weight is 439 g/mol. The summed E-state index contributed by atoms with van der Waals surface area (Å²) in [6.07, 6.45) is 2.51. The molecule has 4 heterocycles. The molecule has 9 nitrogen and oxygen atoms in total. The molecule has 0 radical (unpaired) electrons. The Morgan fingerprint density at radius 3 is 2.44 bits per heavy atom. The lowest BCUT2D eigenvalue weighted by molar-refractivity contribution is -0.138. The lowest BCUT2D eigenvalue weighted by Crippen LogP contribution is -2.50. The fourth-order valence-corrected chi connectivity index (χ4v) is 4.53. The van der Waals surface area contributed by atoms with Crippen molar-refractivity contribution in [2.75, 3.05) is 46.3 Å². The van der Waals surface area contributed by atoms with Gasteiger partial charge >= 0.3 is 0 Å². The molecule has 0 saturated carbocycles. The van der Waals surface area contributed by atoms with Crippen LogP contribution < -0.4 is 0 Å². The van der Waals surface area contributed by atoms with E-state index in [-0.39, 0.29) is 11.3 Å². The predicted molar refractivity (Wildman–Crippen MR) is 121 cm³/mol. The second-order valence-electron chi connectivity index (χ2n) is 10.4. The van der Waals surface area contributed by atoms with Crippen LogP contribution in [0.4, 0.5) is 0 Å². The Labute approximate surface area is 190 Å². The smallest absolute Gasteiger partial charge is 0.225 e. The molecule has 0 aromatic carbocycles. The van der Waals surface area contributed by atoms with Gasteiger partial charge in [-0.05, 0) is 38.4 Å². The Bertz CT molecular complexity index is 1000. The van der Waals surface area contributed by atoms with Gasteiger partial charge in [0, 0.05) is 44.6 Å². The molecule has 2 fully saturated rings. The number of aromatic nitrogens is 4. The first kappa shape index (κ1) is 22.6. The molecule has 1 amide bonds. The quantitative estimate of drug-likeness (QED) is 0.715. The number of carbonyl (C=O) groups is 1. The Morgan fingerprint density at radius 2 is 1.81 bits per heavy atom. The topological polar surface area (TPSA) is 93.7 Å². The summed E-state index contributed by atoms with van der Waals surface area (Å²) in [6, 6.07) is 3.82. The number of carbonyl (C=O) groups excluding carboxylic acids is 1. The summed E-state index contributed by atoms with van der Waals surface area (Å²) in [5.74, 6) is 2.04. The predicted octanol–water partition coefficient (Wildman–Crippen LogP) is 1.57. The third-order valence-electron chi connectivity index (χ3n) is 6.36. The third-order valence-corrected chi connectivity index (χ3v) is 6.36. The summed E-state index contributed by atoms with van der Waals surface area (Å²) in [4.78, 5) is 29.1. The molecule has 0 bridgehead atoms. The maximum atomic E-state index is 12.9. The molecule has 2 aliphatic rings. The number of piperazine rings is 1. The second-order valence-corrected chi connectivity index (χ2v) is 10.4. The molecule has 0 aliphatic carbocycles. The van der Waals surface area contributed by atoms with Crippen molar-refractivity contribution in [1.82, 2.24) is 34.3 Å². The van der Waals surface area contributed by atoms with E-state index in [1.165, 1.54) is 0 Å². The van der Waals surface area contributed by atoms with Crippen molar-refractivity contribution in [2.45, 2.75) is 46.6 Å². The van der Waals surface area contributed by atoms with Gasteiger partial charge in [-0.1, -0.05) is 20.8 Å². The number of piperidine rings is 1. The van der Waals surface area contributed by atoms with Gasteiger partial charge in [-0.15, -0.1) is 0 Å². The van der Waals surface area contributed by atoms with Crippen LogP contribution in [-0.4, -0.2) is 86.5 Å². The Morgan fingerprint density at radius 1 is 1.12 bits per heavy atom. The first-order valence-corrected chi connectivity index (χ1v) is 11.6. The highest BCUT2D eigenvalue weighted by molar-refractivity contribution is 5.79. The molecule has 0 spiro atoms. The summed E-state index contributed by atoms with van der Waals surface area (Å²) in [5.41, 5.74) is 1.07. The minimum Gasteiger partial charge on any atom is -0.340 e. The van der Waals surface area contributed by atoms with Crippen LogP contribution >= 0.6 is 0 Å². The zero-order valence-electron chi connectivity index (χ0n) is 19.7. The SMILES string of the molecule is CN1CCN(C(=O)C2CCN(Cc3nc(CC(C)(C)C)n4nc(C#N)cc4n3)CC2)CC1. The van der Waals surface area contributed by atoms with E-state index < -0.39 is 0 Å². The molecule has 2 aromatic rings. The van der Waals surface area contributed by atoms with Gasteiger partial charge in [0.1, 0.15) is 17.7 Å². The van der Waals surface area contributed by atoms with Crippen LogP contribution in [0.15, 0.2) is 6.07 Å². The van der Waals surface area contributed by atoms with Crippen LogP contribution in [0.2, 0.25) is 0 Å². The minimum atomic E-state index is 0.0409. The van der Waals surface area contributed by atoms with E-state index in [1.54, 1.807) is 10.6 Å². The van der Waals surface area contributed by atoms with Crippen molar-refractivity contribution in [1.29, 1.82) is 5.26 Å². The molecule has 32 heavy (non-hydrogen) atoms. The summed E-state index contributed by atoms with van der Waals surface area (Å²) in [7, 11) is 2.11. The van der Waals surface area contributed by atoms with Crippen LogP contribution in [-0.2, 0) is 17.8 Å². The molecule has 9 heteroatoms. The van der Waals surface area contributed by atoms with Gasteiger partial charge < -0.3 is 9.80 Å². The monoisotopic (exact) mass is 438 g/mol. The molecular formula is C23H34N8O. The van der Waals surface area contributed by atoms with Gasteiger partial charge in [0.2, 0.25) is 5.91 Å². The van der Waals surface area contributed by atoms with Crippen molar-refractivity contribution in [3.8, 4) is 6.07 Å². The van der Waals surface area contributed by atoms with E-state index in [0.717, 1.165) is 70.2 Å². The van der Waals surface area contributed by atoms with E-state index in [0.29, 0.717) is 23.8 Å². The number of nitriles is 1. The number of nitrogens with zero attached hydrogens (tertiary/aromatic N) is 8. The largest absolute Gasteiger partial charge is 0.340 e. The Balaban J connectivity index is 1.42. The standard InChI is InChI=1S/C23H34N8O/c1-23(2,3)14-21-26-19(25-20-13-18(15-24)27-31(20)21)16-29-7-5-17(6-8-29)22(32)30-11-9-28(4)10-12-30/h13,17H,5-12,14,16H2,1-4H3. The number of amides is 1. The van der Waals surface area contributed by atoms with E-state index >= 15 is 0 Å². The molecule has 2 aliphatic heterocycles. The van der Waals surface area contributed by atoms with Crippen molar-refractivity contribution in [3.05, 3.63) is 23.4 Å². The van der Waals surface area contributed by atoms with Crippen molar-refractivity contribution in [3.63, 3.8) is 0 Å². The molecule has 2 saturated heterocycles. The number of rotatable bonds is 4. The molecule has 4 rings (SSSR count). The van der Waals surface area contributed by atoms with Crippen molar-refractivity contribution in [2.24, 2.45) is 11.3 Å². The van der Waals surface area contributed by atoms with E-state index in [2.05, 4.69) is 53.8 Å². The fraction of sp³-hybridized carbons (Fsp3) is 0.696. The number of hydrogen-bond donors (Lipinski definition) is 0. The number of hydrogen-bond acceptors (Lipinski definition) is 7. The number of fused-ring (bicyclic) bond motifs is 1. The molecule has 0 unspecified atom stereocenters. The highest BCUT2D eigenvalue weighted by atomic mass is 16.2. The van der Waals surface area contributed by atoms with Crippen LogP contribution in [0.5, 0.6) is 0 Å². The van der Waals surface area contributed by atoms with E-state index in [1.807, 2.05) is 4.90 Å². The third kappa shape index (κ3) is 5.25. The summed E-state index contributed by atoms with van der Waals surface area (Å²) >= 11 is 0. The molecule has 172 valence electrons. The van der Waals surface area contributed by atoms with Gasteiger partial charge in [0.25, 0.3) is 0 Å². The zero-order valence-corrected chi connectivity index (χ0v) is 19.7. The zero-order chi connectivity index (χ0) is 22.9. The average Bonchev–Trinajstić information content (AvgIpc) is 3.17. The lowest BCUT2D eigenvalue weighted by atomic mass is 9.92. The van der Waals surface area contributed by atoms with Crippen LogP contribution in [0, 0.1) is 22.7 Å². The summed E-state index contributed by atoms with van der Waals surface area (Å²) in [6.45, 7) is 12.5. The maximum Gasteiger partial charge on any atom is 0.225 e. The molecule has 0 atom stereocenters. The number of likely N-dealkylation sites (N-methyl/N-ethyl adjacent to an activating group) is 1. The van der Waals surface area contributed by atoms with Crippen LogP contribution in [0.1, 0.15) is 51.0 Å². The highest BCUT2D eigenvalue weighted by Crippen LogP contribution is 2.23. The van der Waals surface area contributed by atoms with Gasteiger partial charge in [-0.3, -0.25) is 9.69 Å². The van der Waals surface area contributed by atoms with E-state index in [4.69, 9.17) is 4.98 Å². The highest BCUT2D eigenvalue weighted by Gasteiger charge is 2.30. The van der Waals surface area contributed by atoms with Crippen LogP contribution in [0.3, 0.4) is 0 Å². The van der Waals surface area contributed by atoms with Crippen molar-refractivity contribution < 1.29 is 4.79 Å². The fourth-order valence-electron chi connectivity index (χ4n) is 4.53. The molecule has 0 N–H and O–H groups in total. The maximum absolute atomic E-state index is 12.9. The van der Waals surface area contributed by atoms with Gasteiger partial charge in [-0.2, -0.15) is 14.9 Å². The number of likely N-dealkylation sites (tertiary alicyclic amines) is 1. The van der Waals surface area contributed by atoms with Crippen LogP contribution in [0.25, 0.3) is 5.65 Å². The van der Waals surface area contributed by atoms with Crippen molar-refractivity contribution >= 4 is 11.6 Å². The minimum absolute atomic E-state index is 0.0409. The molecule has 2 aromatic heterocycles. The molecular weight excluding hydrogens is 404 g/mol. The first-order valence-electron chi connectivity index (χ1n) is 11.6. The van der Waals surface area contributed by atoms with Gasteiger partial charge in [0.15, 0.2) is 11.3 Å². The van der Waals surface area contributed by atoms with E-state index in [9.17, 15) is 10.1 Å². The van der Waals surface area contributed by atoms with Gasteiger partial charge in [-0.25, -0.2) is 9.97 Å². The lowest BCUT2D eigenvalue weighted by Gasteiger charge is -2.37. The Kier molecular flexibility index (Phi) is 6.45. The van der Waals surface area contributed by atoms with Gasteiger partial charge in [0.05, 0.1) is 6.54 Å². The second kappa shape index (κ2) is 9.12. The Hall–Kier alpha value is -2.57. The normalized spacial score (nSPS) is 19.4. The summed E-state index contributed by atoms with van der Waals surface area (Å²) < 4.78 is 1.70. The summed E-state index contributed by atoms with van der Waals surface area (Å²) in [5, 5.41) is 13.6.